The summed E-state index contributed by atoms with van der Waals surface area (Å²) >= 11 is 0. The lowest BCUT2D eigenvalue weighted by atomic mass is 9.94. The summed E-state index contributed by atoms with van der Waals surface area (Å²) in [7, 11) is 0. The molecular weight excluding hydrogens is 374 g/mol. The summed E-state index contributed by atoms with van der Waals surface area (Å²) in [5, 5.41) is 3.88. The van der Waals surface area contributed by atoms with Crippen LogP contribution in [-0.4, -0.2) is 27.4 Å². The van der Waals surface area contributed by atoms with Crippen molar-refractivity contribution in [1.29, 1.82) is 0 Å². The summed E-state index contributed by atoms with van der Waals surface area (Å²) < 4.78 is 2.19. The number of aromatic nitrogens is 1. The van der Waals surface area contributed by atoms with E-state index in [1.807, 2.05) is 36.4 Å². The second-order valence-corrected chi connectivity index (χ2v) is 8.17. The monoisotopic (exact) mass is 399 g/mol. The molecule has 2 aromatic carbocycles. The van der Waals surface area contributed by atoms with Crippen molar-refractivity contribution in [3.05, 3.63) is 77.6 Å². The Balaban J connectivity index is 1.48. The molecule has 5 heteroatoms. The van der Waals surface area contributed by atoms with Crippen LogP contribution in [0, 0.1) is 0 Å². The molecule has 1 saturated carbocycles. The number of fused-ring (bicyclic) bond motifs is 1. The van der Waals surface area contributed by atoms with Crippen molar-refractivity contribution < 1.29 is 9.59 Å². The van der Waals surface area contributed by atoms with E-state index in [0.29, 0.717) is 5.70 Å². The predicted molar refractivity (Wildman–Crippen MR) is 118 cm³/mol. The molecule has 0 radical (unpaired) electrons. The quantitative estimate of drug-likeness (QED) is 0.500. The Morgan fingerprint density at radius 3 is 2.47 bits per heavy atom. The minimum Gasteiger partial charge on any atom is -0.342 e. The lowest BCUT2D eigenvalue weighted by molar-refractivity contribution is -0.124. The number of imide groups is 1. The van der Waals surface area contributed by atoms with Gasteiger partial charge in [-0.15, -0.1) is 0 Å². The zero-order chi connectivity index (χ0) is 20.5. The fourth-order valence-corrected chi connectivity index (χ4v) is 4.68. The molecule has 3 amide bonds. The van der Waals surface area contributed by atoms with Crippen LogP contribution in [0.15, 0.2) is 66.5 Å². The molecule has 1 aromatic heterocycles. The highest BCUT2D eigenvalue weighted by Gasteiger charge is 2.39. The number of benzene rings is 2. The van der Waals surface area contributed by atoms with E-state index < -0.39 is 0 Å². The van der Waals surface area contributed by atoms with E-state index in [1.54, 1.807) is 0 Å². The third-order valence-corrected chi connectivity index (χ3v) is 6.16. The van der Waals surface area contributed by atoms with Crippen molar-refractivity contribution in [2.45, 2.75) is 44.7 Å². The molecule has 0 unspecified atom stereocenters. The van der Waals surface area contributed by atoms with Crippen molar-refractivity contribution >= 4 is 28.9 Å². The largest absolute Gasteiger partial charge is 0.342 e. The maximum absolute atomic E-state index is 13.0. The van der Waals surface area contributed by atoms with Gasteiger partial charge in [-0.25, -0.2) is 4.79 Å². The van der Waals surface area contributed by atoms with Crippen molar-refractivity contribution in [1.82, 2.24) is 14.8 Å². The zero-order valence-corrected chi connectivity index (χ0v) is 16.9. The SMILES string of the molecule is O=C1N/C(=C\c2cn(Cc3ccccc3)c3ccccc23)C(=O)N1C1CCCCC1. The Hall–Kier alpha value is -3.34. The Morgan fingerprint density at radius 1 is 0.933 bits per heavy atom. The molecule has 3 aromatic rings. The van der Waals surface area contributed by atoms with Gasteiger partial charge in [0.15, 0.2) is 0 Å². The maximum atomic E-state index is 13.0. The van der Waals surface area contributed by atoms with Crippen molar-refractivity contribution in [2.24, 2.45) is 0 Å². The van der Waals surface area contributed by atoms with Crippen LogP contribution in [0.5, 0.6) is 0 Å². The van der Waals surface area contributed by atoms with Crippen molar-refractivity contribution in [2.75, 3.05) is 0 Å². The second-order valence-electron chi connectivity index (χ2n) is 8.17. The Kier molecular flexibility index (Phi) is 4.87. The molecule has 5 rings (SSSR count). The van der Waals surface area contributed by atoms with E-state index in [0.717, 1.165) is 48.7 Å². The maximum Gasteiger partial charge on any atom is 0.329 e. The van der Waals surface area contributed by atoms with Gasteiger partial charge in [0.25, 0.3) is 5.91 Å². The molecule has 1 saturated heterocycles. The number of rotatable bonds is 4. The summed E-state index contributed by atoms with van der Waals surface area (Å²) in [4.78, 5) is 27.0. The van der Waals surface area contributed by atoms with Gasteiger partial charge in [-0.3, -0.25) is 9.69 Å². The normalized spacial score (nSPS) is 19.1. The second kappa shape index (κ2) is 7.82. The van der Waals surface area contributed by atoms with Gasteiger partial charge in [-0.1, -0.05) is 67.8 Å². The highest BCUT2D eigenvalue weighted by Crippen LogP contribution is 2.29. The summed E-state index contributed by atoms with van der Waals surface area (Å²) in [6.45, 7) is 0.749. The average molecular weight is 399 g/mol. The fourth-order valence-electron chi connectivity index (χ4n) is 4.68. The topological polar surface area (TPSA) is 54.3 Å². The van der Waals surface area contributed by atoms with Crippen molar-refractivity contribution in [3.8, 4) is 0 Å². The molecule has 0 bridgehead atoms. The Morgan fingerprint density at radius 2 is 1.67 bits per heavy atom. The van der Waals surface area contributed by atoms with Crippen LogP contribution < -0.4 is 5.32 Å². The van der Waals surface area contributed by atoms with Gasteiger partial charge in [0.1, 0.15) is 5.70 Å². The molecule has 1 aliphatic carbocycles. The van der Waals surface area contributed by atoms with Crippen LogP contribution in [0.2, 0.25) is 0 Å². The van der Waals surface area contributed by atoms with E-state index in [1.165, 1.54) is 16.9 Å². The predicted octanol–water partition coefficient (Wildman–Crippen LogP) is 4.92. The standard InChI is InChI=1S/C25H25N3O2/c29-24-22(26-25(30)28(24)20-11-5-2-6-12-20)15-19-17-27(16-18-9-3-1-4-10-18)23-14-8-7-13-21(19)23/h1,3-4,7-10,13-15,17,20H,2,5-6,11-12,16H2,(H,26,30)/b22-15-. The number of nitrogens with one attached hydrogen (secondary N) is 1. The van der Waals surface area contributed by atoms with Gasteiger partial charge in [-0.05, 0) is 30.5 Å². The Labute approximate surface area is 176 Å². The average Bonchev–Trinajstić information content (AvgIpc) is 3.26. The molecule has 2 heterocycles. The van der Waals surface area contributed by atoms with Gasteiger partial charge in [0, 0.05) is 35.2 Å². The fraction of sp³-hybridized carbons (Fsp3) is 0.280. The smallest absolute Gasteiger partial charge is 0.329 e. The van der Waals surface area contributed by atoms with Gasteiger partial charge >= 0.3 is 6.03 Å². The first-order valence-corrected chi connectivity index (χ1v) is 10.7. The third-order valence-electron chi connectivity index (χ3n) is 6.16. The first-order valence-electron chi connectivity index (χ1n) is 10.7. The van der Waals surface area contributed by atoms with E-state index >= 15 is 0 Å². The number of hydrogen-bond acceptors (Lipinski definition) is 2. The highest BCUT2D eigenvalue weighted by molar-refractivity contribution is 6.14. The van der Waals surface area contributed by atoms with Crippen LogP contribution in [0.3, 0.4) is 0 Å². The Bertz CT molecular complexity index is 1120. The molecule has 1 N–H and O–H groups in total. The number of amides is 3. The van der Waals surface area contributed by atoms with Gasteiger partial charge in [0.05, 0.1) is 0 Å². The lowest BCUT2D eigenvalue weighted by Crippen LogP contribution is -2.41. The third kappa shape index (κ3) is 3.41. The minimum atomic E-state index is -0.286. The molecule has 0 spiro atoms. The molecule has 0 atom stereocenters. The summed E-state index contributed by atoms with van der Waals surface area (Å²) in [5.41, 5.74) is 3.63. The van der Waals surface area contributed by atoms with E-state index in [-0.39, 0.29) is 18.0 Å². The first kappa shape index (κ1) is 18.7. The summed E-state index contributed by atoms with van der Waals surface area (Å²) in [6, 6.07) is 18.2. The van der Waals surface area contributed by atoms with Crippen LogP contribution >= 0.6 is 0 Å². The van der Waals surface area contributed by atoms with Crippen LogP contribution in [-0.2, 0) is 11.3 Å². The van der Waals surface area contributed by atoms with E-state index in [2.05, 4.69) is 40.3 Å². The van der Waals surface area contributed by atoms with Crippen LogP contribution in [0.4, 0.5) is 4.79 Å². The molecule has 2 aliphatic rings. The minimum absolute atomic E-state index is 0.0246. The van der Waals surface area contributed by atoms with Gasteiger partial charge < -0.3 is 9.88 Å². The van der Waals surface area contributed by atoms with Crippen LogP contribution in [0.25, 0.3) is 17.0 Å². The number of nitrogens with zero attached hydrogens (tertiary/aromatic N) is 2. The van der Waals surface area contributed by atoms with E-state index in [9.17, 15) is 9.59 Å². The lowest BCUT2D eigenvalue weighted by Gasteiger charge is -2.28. The highest BCUT2D eigenvalue weighted by atomic mass is 16.2. The molecule has 30 heavy (non-hydrogen) atoms. The van der Waals surface area contributed by atoms with Gasteiger partial charge in [-0.2, -0.15) is 0 Å². The number of urea groups is 1. The van der Waals surface area contributed by atoms with Gasteiger partial charge in [0.2, 0.25) is 0 Å². The zero-order valence-electron chi connectivity index (χ0n) is 16.9. The number of carbonyl (C=O) groups excluding carboxylic acids is 2. The number of para-hydroxylation sites is 1. The number of carbonyl (C=O) groups is 2. The van der Waals surface area contributed by atoms with Crippen molar-refractivity contribution in [3.63, 3.8) is 0 Å². The molecule has 5 nitrogen and oxygen atoms in total. The summed E-state index contributed by atoms with van der Waals surface area (Å²) in [5.74, 6) is -0.202. The van der Waals surface area contributed by atoms with Crippen LogP contribution in [0.1, 0.15) is 43.2 Å². The molecular formula is C25H25N3O2. The molecule has 152 valence electrons. The molecule has 1 aliphatic heterocycles. The molecule has 2 fully saturated rings. The first-order chi connectivity index (χ1) is 14.7. The van der Waals surface area contributed by atoms with E-state index in [4.69, 9.17) is 0 Å². The summed E-state index contributed by atoms with van der Waals surface area (Å²) in [6.07, 6.45) is 9.04. The number of hydrogen-bond donors (Lipinski definition) is 1.